The van der Waals surface area contributed by atoms with Gasteiger partial charge in [-0.3, -0.25) is 14.9 Å². The molecular weight excluding hydrogens is 234 g/mol. The first-order valence-electron chi connectivity index (χ1n) is 5.44. The number of carbonyl (C=O) groups is 1. The van der Waals surface area contributed by atoms with Crippen LogP contribution in [0.4, 0.5) is 11.4 Å². The lowest BCUT2D eigenvalue weighted by molar-refractivity contribution is -0.384. The second-order valence-corrected chi connectivity index (χ2v) is 4.33. The fourth-order valence-electron chi connectivity index (χ4n) is 1.73. The van der Waals surface area contributed by atoms with E-state index in [1.807, 2.05) is 6.07 Å². The second-order valence-electron chi connectivity index (χ2n) is 4.33. The maximum atomic E-state index is 12.0. The maximum Gasteiger partial charge on any atom is 0.269 e. The molecule has 1 aliphatic rings. The number of carbonyl (C=O) groups excluding carboxylic acids is 1. The van der Waals surface area contributed by atoms with Crippen LogP contribution in [0.2, 0.25) is 0 Å². The Morgan fingerprint density at radius 1 is 1.44 bits per heavy atom. The molecule has 0 saturated heterocycles. The molecule has 6 nitrogen and oxygen atoms in total. The van der Waals surface area contributed by atoms with Crippen LogP contribution in [-0.2, 0) is 4.79 Å². The summed E-state index contributed by atoms with van der Waals surface area (Å²) in [6.07, 6.45) is 1.17. The number of amides is 1. The van der Waals surface area contributed by atoms with E-state index in [1.165, 1.54) is 29.2 Å². The van der Waals surface area contributed by atoms with Gasteiger partial charge in [-0.2, -0.15) is 5.26 Å². The van der Waals surface area contributed by atoms with Crippen LogP contribution in [0.5, 0.6) is 0 Å². The van der Waals surface area contributed by atoms with Crippen LogP contribution >= 0.6 is 0 Å². The molecule has 0 unspecified atom stereocenters. The van der Waals surface area contributed by atoms with E-state index in [0.29, 0.717) is 18.5 Å². The fourth-order valence-corrected chi connectivity index (χ4v) is 1.73. The van der Waals surface area contributed by atoms with Crippen molar-refractivity contribution in [3.05, 3.63) is 34.4 Å². The number of non-ortho nitro benzene ring substituents is 1. The summed E-state index contributed by atoms with van der Waals surface area (Å²) in [5.74, 6) is -0.251. The number of hydrogen-bond acceptors (Lipinski definition) is 4. The SMILES string of the molecule is CN(C(=O)C1(C#N)CC1)c1ccc([N+](=O)[O-])cc1. The highest BCUT2D eigenvalue weighted by Crippen LogP contribution is 2.46. The largest absolute Gasteiger partial charge is 0.314 e. The van der Waals surface area contributed by atoms with Crippen LogP contribution in [0.25, 0.3) is 0 Å². The average Bonchev–Trinajstić information content (AvgIpc) is 3.18. The highest BCUT2D eigenvalue weighted by Gasteiger charge is 2.52. The van der Waals surface area contributed by atoms with Gasteiger partial charge in [0.2, 0.25) is 5.91 Å². The van der Waals surface area contributed by atoms with Crippen molar-refractivity contribution in [2.45, 2.75) is 12.8 Å². The quantitative estimate of drug-likeness (QED) is 0.600. The Labute approximate surface area is 104 Å². The van der Waals surface area contributed by atoms with E-state index in [2.05, 4.69) is 0 Å². The van der Waals surface area contributed by atoms with Gasteiger partial charge >= 0.3 is 0 Å². The molecule has 1 aromatic carbocycles. The lowest BCUT2D eigenvalue weighted by atomic mass is 10.1. The molecule has 1 fully saturated rings. The first-order chi connectivity index (χ1) is 8.50. The molecule has 0 spiro atoms. The fraction of sp³-hybridized carbons (Fsp3) is 0.333. The predicted octanol–water partition coefficient (Wildman–Crippen LogP) is 1.86. The maximum absolute atomic E-state index is 12.0. The lowest BCUT2D eigenvalue weighted by Gasteiger charge is -2.19. The minimum atomic E-state index is -0.878. The molecule has 0 N–H and O–H groups in total. The minimum absolute atomic E-state index is 0.0268. The Balaban J connectivity index is 2.19. The zero-order valence-corrected chi connectivity index (χ0v) is 9.79. The van der Waals surface area contributed by atoms with Crippen molar-refractivity contribution in [3.8, 4) is 6.07 Å². The van der Waals surface area contributed by atoms with E-state index in [0.717, 1.165) is 0 Å². The summed E-state index contributed by atoms with van der Waals surface area (Å²) in [5.41, 5.74) is -0.357. The molecule has 18 heavy (non-hydrogen) atoms. The van der Waals surface area contributed by atoms with Crippen molar-refractivity contribution >= 4 is 17.3 Å². The van der Waals surface area contributed by atoms with E-state index in [9.17, 15) is 14.9 Å². The number of nitro benzene ring substituents is 1. The summed E-state index contributed by atoms with van der Waals surface area (Å²) >= 11 is 0. The van der Waals surface area contributed by atoms with E-state index in [1.54, 1.807) is 7.05 Å². The number of rotatable bonds is 3. The monoisotopic (exact) mass is 245 g/mol. The number of nitriles is 1. The summed E-state index contributed by atoms with van der Waals surface area (Å²) in [5, 5.41) is 19.5. The van der Waals surface area contributed by atoms with Gasteiger partial charge in [-0.1, -0.05) is 0 Å². The van der Waals surface area contributed by atoms with E-state index >= 15 is 0 Å². The summed E-state index contributed by atoms with van der Waals surface area (Å²) in [4.78, 5) is 23.4. The van der Waals surface area contributed by atoms with Crippen molar-refractivity contribution in [2.75, 3.05) is 11.9 Å². The molecule has 0 bridgehead atoms. The average molecular weight is 245 g/mol. The Hall–Kier alpha value is -2.42. The number of nitrogens with zero attached hydrogens (tertiary/aromatic N) is 3. The summed E-state index contributed by atoms with van der Waals surface area (Å²) < 4.78 is 0. The highest BCUT2D eigenvalue weighted by atomic mass is 16.6. The third kappa shape index (κ3) is 1.91. The summed E-state index contributed by atoms with van der Waals surface area (Å²) in [7, 11) is 1.57. The van der Waals surface area contributed by atoms with Crippen molar-refractivity contribution in [3.63, 3.8) is 0 Å². The van der Waals surface area contributed by atoms with Gasteiger partial charge in [0.05, 0.1) is 11.0 Å². The summed E-state index contributed by atoms with van der Waals surface area (Å²) in [6, 6.07) is 7.72. The van der Waals surface area contributed by atoms with Gasteiger partial charge < -0.3 is 4.90 Å². The molecule has 0 aliphatic heterocycles. The number of anilines is 1. The van der Waals surface area contributed by atoms with Crippen LogP contribution in [0, 0.1) is 26.9 Å². The molecule has 1 saturated carbocycles. The third-order valence-electron chi connectivity index (χ3n) is 3.13. The topological polar surface area (TPSA) is 87.2 Å². The number of benzene rings is 1. The van der Waals surface area contributed by atoms with Gasteiger partial charge in [0.25, 0.3) is 5.69 Å². The van der Waals surface area contributed by atoms with Crippen LogP contribution in [-0.4, -0.2) is 17.9 Å². The van der Waals surface area contributed by atoms with Crippen LogP contribution < -0.4 is 4.90 Å². The van der Waals surface area contributed by atoms with Crippen molar-refractivity contribution in [1.82, 2.24) is 0 Å². The number of hydrogen-bond donors (Lipinski definition) is 0. The highest BCUT2D eigenvalue weighted by molar-refractivity contribution is 6.00. The molecule has 92 valence electrons. The molecule has 1 amide bonds. The second kappa shape index (κ2) is 4.11. The smallest absolute Gasteiger partial charge is 0.269 e. The molecule has 0 heterocycles. The Morgan fingerprint density at radius 3 is 2.39 bits per heavy atom. The van der Waals surface area contributed by atoms with Gasteiger partial charge in [-0.05, 0) is 25.0 Å². The normalized spacial score (nSPS) is 15.6. The standard InChI is InChI=1S/C12H11N3O3/c1-14(11(16)12(8-13)6-7-12)9-2-4-10(5-3-9)15(17)18/h2-5H,6-7H2,1H3. The molecule has 2 rings (SSSR count). The zero-order chi connectivity index (χ0) is 13.3. The molecule has 0 aromatic heterocycles. The zero-order valence-electron chi connectivity index (χ0n) is 9.79. The van der Waals surface area contributed by atoms with Crippen molar-refractivity contribution < 1.29 is 9.72 Å². The van der Waals surface area contributed by atoms with Crippen LogP contribution in [0.3, 0.4) is 0 Å². The molecular formula is C12H11N3O3. The molecule has 6 heteroatoms. The molecule has 1 aliphatic carbocycles. The molecule has 1 aromatic rings. The van der Waals surface area contributed by atoms with Crippen LogP contribution in [0.15, 0.2) is 24.3 Å². The van der Waals surface area contributed by atoms with E-state index in [4.69, 9.17) is 5.26 Å². The number of nitro groups is 1. The first kappa shape index (κ1) is 12.0. The Bertz CT molecular complexity index is 541. The van der Waals surface area contributed by atoms with Gasteiger partial charge in [0, 0.05) is 24.9 Å². The van der Waals surface area contributed by atoms with E-state index in [-0.39, 0.29) is 11.6 Å². The third-order valence-corrected chi connectivity index (χ3v) is 3.13. The Kier molecular flexibility index (Phi) is 2.75. The first-order valence-corrected chi connectivity index (χ1v) is 5.44. The lowest BCUT2D eigenvalue weighted by Crippen LogP contribution is -2.33. The summed E-state index contributed by atoms with van der Waals surface area (Å²) in [6.45, 7) is 0. The molecule has 0 radical (unpaired) electrons. The predicted molar refractivity (Wildman–Crippen MR) is 63.8 cm³/mol. The van der Waals surface area contributed by atoms with Crippen molar-refractivity contribution in [2.24, 2.45) is 5.41 Å². The van der Waals surface area contributed by atoms with Gasteiger partial charge in [0.15, 0.2) is 0 Å². The Morgan fingerprint density at radius 2 is 2.00 bits per heavy atom. The van der Waals surface area contributed by atoms with Gasteiger partial charge in [0.1, 0.15) is 5.41 Å². The van der Waals surface area contributed by atoms with Gasteiger partial charge in [-0.15, -0.1) is 0 Å². The van der Waals surface area contributed by atoms with E-state index < -0.39 is 10.3 Å². The van der Waals surface area contributed by atoms with Crippen LogP contribution in [0.1, 0.15) is 12.8 Å². The molecule has 0 atom stereocenters. The van der Waals surface area contributed by atoms with Gasteiger partial charge in [-0.25, -0.2) is 0 Å². The minimum Gasteiger partial charge on any atom is -0.314 e. The van der Waals surface area contributed by atoms with Crippen molar-refractivity contribution in [1.29, 1.82) is 5.26 Å².